The van der Waals surface area contributed by atoms with E-state index in [-0.39, 0.29) is 0 Å². The standard InChI is InChI=1S/C19H19N3/c1-14-18-17(12-13-20-14)19(15-8-4-2-5-9-15)22(21-18)16-10-6-3-7-11-16/h2-11,14,20H,12-13H2,1H3/t14-/m0/s1. The molecule has 2 aromatic carbocycles. The summed E-state index contributed by atoms with van der Waals surface area (Å²) in [6.07, 6.45) is 1.02. The van der Waals surface area contributed by atoms with Crippen LogP contribution in [0.15, 0.2) is 60.7 Å². The van der Waals surface area contributed by atoms with E-state index in [0.717, 1.165) is 18.7 Å². The molecule has 0 saturated carbocycles. The second-order valence-electron chi connectivity index (χ2n) is 5.75. The van der Waals surface area contributed by atoms with Gasteiger partial charge in [-0.25, -0.2) is 4.68 Å². The minimum Gasteiger partial charge on any atom is -0.308 e. The molecular formula is C19H19N3. The first-order chi connectivity index (χ1) is 10.8. The second-order valence-corrected chi connectivity index (χ2v) is 5.75. The number of hydrogen-bond donors (Lipinski definition) is 1. The lowest BCUT2D eigenvalue weighted by molar-refractivity contribution is 0.527. The van der Waals surface area contributed by atoms with E-state index in [1.807, 2.05) is 6.07 Å². The molecule has 1 aliphatic heterocycles. The predicted octanol–water partition coefficient (Wildman–Crippen LogP) is 3.75. The summed E-state index contributed by atoms with van der Waals surface area (Å²) in [4.78, 5) is 0. The van der Waals surface area contributed by atoms with Crippen molar-refractivity contribution in [2.75, 3.05) is 6.54 Å². The average Bonchev–Trinajstić information content (AvgIpc) is 2.97. The van der Waals surface area contributed by atoms with Crippen molar-refractivity contribution in [3.8, 4) is 16.9 Å². The number of hydrogen-bond acceptors (Lipinski definition) is 2. The van der Waals surface area contributed by atoms with E-state index in [4.69, 9.17) is 5.10 Å². The number of nitrogens with one attached hydrogen (secondary N) is 1. The Morgan fingerprint density at radius 2 is 1.68 bits per heavy atom. The minimum atomic E-state index is 0.302. The molecule has 22 heavy (non-hydrogen) atoms. The number of para-hydroxylation sites is 1. The van der Waals surface area contributed by atoms with Gasteiger partial charge < -0.3 is 5.32 Å². The molecule has 0 saturated heterocycles. The number of rotatable bonds is 2. The predicted molar refractivity (Wildman–Crippen MR) is 89.1 cm³/mol. The Kier molecular flexibility index (Phi) is 3.28. The Bertz CT molecular complexity index is 775. The highest BCUT2D eigenvalue weighted by Crippen LogP contribution is 2.33. The van der Waals surface area contributed by atoms with Crippen molar-refractivity contribution in [2.24, 2.45) is 0 Å². The maximum absolute atomic E-state index is 4.93. The molecule has 2 heterocycles. The Balaban J connectivity index is 1.98. The van der Waals surface area contributed by atoms with Gasteiger partial charge in [-0.15, -0.1) is 0 Å². The molecule has 1 aromatic heterocycles. The van der Waals surface area contributed by atoms with Crippen LogP contribution in [0, 0.1) is 0 Å². The quantitative estimate of drug-likeness (QED) is 0.778. The number of benzene rings is 2. The molecule has 0 unspecified atom stereocenters. The molecule has 0 amide bonds. The van der Waals surface area contributed by atoms with E-state index >= 15 is 0 Å². The molecule has 3 heteroatoms. The van der Waals surface area contributed by atoms with Gasteiger partial charge in [0.05, 0.1) is 17.1 Å². The van der Waals surface area contributed by atoms with Gasteiger partial charge in [-0.1, -0.05) is 48.5 Å². The Hall–Kier alpha value is -2.39. The second kappa shape index (κ2) is 5.43. The zero-order chi connectivity index (χ0) is 14.9. The zero-order valence-electron chi connectivity index (χ0n) is 12.7. The van der Waals surface area contributed by atoms with Gasteiger partial charge in [-0.2, -0.15) is 5.10 Å². The number of aromatic nitrogens is 2. The van der Waals surface area contributed by atoms with Crippen molar-refractivity contribution >= 4 is 0 Å². The topological polar surface area (TPSA) is 29.9 Å². The summed E-state index contributed by atoms with van der Waals surface area (Å²) in [5.41, 5.74) is 6.13. The third kappa shape index (κ3) is 2.14. The van der Waals surface area contributed by atoms with Crippen LogP contribution in [-0.4, -0.2) is 16.3 Å². The summed E-state index contributed by atoms with van der Waals surface area (Å²) in [6, 6.07) is 21.3. The molecule has 0 radical (unpaired) electrons. The van der Waals surface area contributed by atoms with Crippen molar-refractivity contribution in [3.05, 3.63) is 71.9 Å². The normalized spacial score (nSPS) is 17.2. The molecule has 3 nitrogen and oxygen atoms in total. The van der Waals surface area contributed by atoms with Crippen LogP contribution in [0.1, 0.15) is 24.2 Å². The van der Waals surface area contributed by atoms with Crippen molar-refractivity contribution in [1.29, 1.82) is 0 Å². The first kappa shape index (κ1) is 13.3. The van der Waals surface area contributed by atoms with E-state index in [2.05, 4.69) is 71.5 Å². The maximum Gasteiger partial charge on any atom is 0.0834 e. The summed E-state index contributed by atoms with van der Waals surface area (Å²) in [7, 11) is 0. The summed E-state index contributed by atoms with van der Waals surface area (Å²) < 4.78 is 2.10. The van der Waals surface area contributed by atoms with Gasteiger partial charge in [-0.3, -0.25) is 0 Å². The van der Waals surface area contributed by atoms with Gasteiger partial charge in [0.1, 0.15) is 0 Å². The summed E-state index contributed by atoms with van der Waals surface area (Å²) in [5, 5.41) is 8.44. The zero-order valence-corrected chi connectivity index (χ0v) is 12.7. The highest BCUT2D eigenvalue weighted by molar-refractivity contribution is 5.67. The molecule has 1 N–H and O–H groups in total. The minimum absolute atomic E-state index is 0.302. The lowest BCUT2D eigenvalue weighted by Crippen LogP contribution is -2.27. The molecule has 1 atom stereocenters. The van der Waals surface area contributed by atoms with Gasteiger partial charge in [0.15, 0.2) is 0 Å². The van der Waals surface area contributed by atoms with E-state index < -0.39 is 0 Å². The van der Waals surface area contributed by atoms with Crippen LogP contribution in [-0.2, 0) is 6.42 Å². The van der Waals surface area contributed by atoms with E-state index in [1.165, 1.54) is 22.5 Å². The van der Waals surface area contributed by atoms with Gasteiger partial charge >= 0.3 is 0 Å². The molecule has 0 bridgehead atoms. The number of fused-ring (bicyclic) bond motifs is 1. The fraction of sp³-hybridized carbons (Fsp3) is 0.211. The Morgan fingerprint density at radius 3 is 2.41 bits per heavy atom. The fourth-order valence-electron chi connectivity index (χ4n) is 3.22. The van der Waals surface area contributed by atoms with Crippen LogP contribution in [0.4, 0.5) is 0 Å². The third-order valence-corrected chi connectivity index (χ3v) is 4.30. The highest BCUT2D eigenvalue weighted by Gasteiger charge is 2.26. The summed E-state index contributed by atoms with van der Waals surface area (Å²) in [6.45, 7) is 3.20. The molecule has 3 aromatic rings. The molecule has 0 aliphatic carbocycles. The Labute approximate surface area is 130 Å². The maximum atomic E-state index is 4.93. The molecule has 110 valence electrons. The van der Waals surface area contributed by atoms with Crippen molar-refractivity contribution in [3.63, 3.8) is 0 Å². The van der Waals surface area contributed by atoms with Gasteiger partial charge in [0.2, 0.25) is 0 Å². The van der Waals surface area contributed by atoms with E-state index in [1.54, 1.807) is 0 Å². The van der Waals surface area contributed by atoms with Crippen LogP contribution in [0.2, 0.25) is 0 Å². The van der Waals surface area contributed by atoms with Crippen molar-refractivity contribution < 1.29 is 0 Å². The van der Waals surface area contributed by atoms with Crippen LogP contribution >= 0.6 is 0 Å². The van der Waals surface area contributed by atoms with E-state index in [9.17, 15) is 0 Å². The smallest absolute Gasteiger partial charge is 0.0834 e. The van der Waals surface area contributed by atoms with Gasteiger partial charge in [0.25, 0.3) is 0 Å². The first-order valence-electron chi connectivity index (χ1n) is 7.80. The molecule has 0 spiro atoms. The monoisotopic (exact) mass is 289 g/mol. The fourth-order valence-corrected chi connectivity index (χ4v) is 3.22. The van der Waals surface area contributed by atoms with Crippen LogP contribution in [0.3, 0.4) is 0 Å². The van der Waals surface area contributed by atoms with Crippen LogP contribution in [0.5, 0.6) is 0 Å². The largest absolute Gasteiger partial charge is 0.308 e. The summed E-state index contributed by atoms with van der Waals surface area (Å²) >= 11 is 0. The van der Waals surface area contributed by atoms with Crippen LogP contribution < -0.4 is 5.32 Å². The lowest BCUT2D eigenvalue weighted by Gasteiger charge is -2.19. The first-order valence-corrected chi connectivity index (χ1v) is 7.80. The van der Waals surface area contributed by atoms with Crippen molar-refractivity contribution in [1.82, 2.24) is 15.1 Å². The van der Waals surface area contributed by atoms with Gasteiger partial charge in [-0.05, 0) is 32.0 Å². The average molecular weight is 289 g/mol. The number of nitrogens with zero attached hydrogens (tertiary/aromatic N) is 2. The summed E-state index contributed by atoms with van der Waals surface area (Å²) in [5.74, 6) is 0. The lowest BCUT2D eigenvalue weighted by atomic mass is 9.97. The van der Waals surface area contributed by atoms with Gasteiger partial charge in [0, 0.05) is 17.2 Å². The molecule has 4 rings (SSSR count). The molecule has 0 fully saturated rings. The van der Waals surface area contributed by atoms with Crippen molar-refractivity contribution in [2.45, 2.75) is 19.4 Å². The Morgan fingerprint density at radius 1 is 1.00 bits per heavy atom. The molecule has 1 aliphatic rings. The highest BCUT2D eigenvalue weighted by atomic mass is 15.3. The SMILES string of the molecule is C[C@@H]1NCCc2c1nn(-c1ccccc1)c2-c1ccccc1. The third-order valence-electron chi connectivity index (χ3n) is 4.30. The molecular weight excluding hydrogens is 270 g/mol. The van der Waals surface area contributed by atoms with Crippen LogP contribution in [0.25, 0.3) is 16.9 Å². The van der Waals surface area contributed by atoms with E-state index in [0.29, 0.717) is 6.04 Å².